The van der Waals surface area contributed by atoms with Gasteiger partial charge < -0.3 is 0 Å². The smallest absolute Gasteiger partial charge is 0.273 e. The zero-order chi connectivity index (χ0) is 20.4. The number of aryl methyl sites for hydroxylation is 1. The van der Waals surface area contributed by atoms with Crippen LogP contribution in [0.4, 0.5) is 0 Å². The minimum Gasteiger partial charge on any atom is -0.273 e. The fourth-order valence-electron chi connectivity index (χ4n) is 3.32. The van der Waals surface area contributed by atoms with E-state index in [1.54, 1.807) is 4.68 Å². The lowest BCUT2D eigenvalue weighted by molar-refractivity contribution is -0.118. The van der Waals surface area contributed by atoms with Gasteiger partial charge in [0.1, 0.15) is 11.7 Å². The van der Waals surface area contributed by atoms with Crippen LogP contribution in [-0.2, 0) is 4.79 Å². The molecular weight excluding hydrogens is 366 g/mol. The van der Waals surface area contributed by atoms with Gasteiger partial charge in [-0.25, -0.2) is 14.3 Å². The zero-order valence-electron chi connectivity index (χ0n) is 16.2. The predicted molar refractivity (Wildman–Crippen MR) is 112 cm³/mol. The molecule has 0 saturated heterocycles. The van der Waals surface area contributed by atoms with Crippen molar-refractivity contribution in [2.24, 2.45) is 0 Å². The lowest BCUT2D eigenvalue weighted by Gasteiger charge is -2.16. The Hall–Kier alpha value is -3.74. The molecule has 0 aliphatic carbocycles. The van der Waals surface area contributed by atoms with Crippen LogP contribution < -0.4 is 11.0 Å². The van der Waals surface area contributed by atoms with Crippen molar-refractivity contribution >= 4 is 16.9 Å². The van der Waals surface area contributed by atoms with Crippen molar-refractivity contribution in [2.75, 3.05) is 5.43 Å². The summed E-state index contributed by atoms with van der Waals surface area (Å²) in [4.78, 5) is 30.0. The first-order valence-electron chi connectivity index (χ1n) is 9.46. The number of amides is 1. The summed E-state index contributed by atoms with van der Waals surface area (Å²) < 4.78 is 2.73. The van der Waals surface area contributed by atoms with Gasteiger partial charge in [-0.15, -0.1) is 0 Å². The second-order valence-corrected chi connectivity index (χ2v) is 6.90. The fraction of sp³-hybridized carbons (Fsp3) is 0.182. The number of benzene rings is 2. The number of fused-ring (bicyclic) bond motifs is 1. The van der Waals surface area contributed by atoms with E-state index in [1.807, 2.05) is 68.4 Å². The molecule has 0 aliphatic rings. The summed E-state index contributed by atoms with van der Waals surface area (Å²) in [5, 5.41) is 4.64. The van der Waals surface area contributed by atoms with E-state index in [2.05, 4.69) is 15.5 Å². The number of hydrogen-bond donors (Lipinski definition) is 1. The van der Waals surface area contributed by atoms with E-state index in [4.69, 9.17) is 0 Å². The third-order valence-electron chi connectivity index (χ3n) is 4.92. The zero-order valence-corrected chi connectivity index (χ0v) is 16.2. The lowest BCUT2D eigenvalue weighted by Crippen LogP contribution is -2.35. The molecule has 0 spiro atoms. The van der Waals surface area contributed by atoms with E-state index in [-0.39, 0.29) is 17.4 Å². The second kappa shape index (κ2) is 7.71. The minimum atomic E-state index is -0.371. The largest absolute Gasteiger partial charge is 0.283 e. The number of nitrogens with zero attached hydrogens (tertiary/aromatic N) is 4. The molecule has 29 heavy (non-hydrogen) atoms. The van der Waals surface area contributed by atoms with Crippen LogP contribution in [0.5, 0.6) is 0 Å². The van der Waals surface area contributed by atoms with Crippen LogP contribution in [0.15, 0.2) is 71.9 Å². The van der Waals surface area contributed by atoms with Crippen molar-refractivity contribution in [2.45, 2.75) is 26.2 Å². The normalized spacial score (nSPS) is 12.1. The highest BCUT2D eigenvalue weighted by atomic mass is 16.2. The quantitative estimate of drug-likeness (QED) is 0.570. The molecule has 0 aliphatic heterocycles. The summed E-state index contributed by atoms with van der Waals surface area (Å²) in [6, 6.07) is 17.3. The molecule has 7 nitrogen and oxygen atoms in total. The van der Waals surface area contributed by atoms with Crippen molar-refractivity contribution in [1.82, 2.24) is 19.4 Å². The molecule has 7 heteroatoms. The van der Waals surface area contributed by atoms with Crippen molar-refractivity contribution in [3.05, 3.63) is 88.6 Å². The molecule has 0 unspecified atom stereocenters. The highest BCUT2D eigenvalue weighted by Gasteiger charge is 2.20. The van der Waals surface area contributed by atoms with Crippen LogP contribution in [0.25, 0.3) is 16.7 Å². The van der Waals surface area contributed by atoms with Crippen molar-refractivity contribution in [3.63, 3.8) is 0 Å². The Labute approximate surface area is 167 Å². The maximum absolute atomic E-state index is 12.9. The summed E-state index contributed by atoms with van der Waals surface area (Å²) in [5.74, 6) is -0.609. The van der Waals surface area contributed by atoms with Gasteiger partial charge >= 0.3 is 0 Å². The molecule has 4 aromatic rings. The van der Waals surface area contributed by atoms with Gasteiger partial charge in [-0.3, -0.25) is 15.0 Å². The van der Waals surface area contributed by atoms with Crippen LogP contribution in [0.1, 0.15) is 30.4 Å². The monoisotopic (exact) mass is 387 g/mol. The average Bonchev–Trinajstić information content (AvgIpc) is 3.17. The van der Waals surface area contributed by atoms with Gasteiger partial charge in [-0.1, -0.05) is 55.0 Å². The van der Waals surface area contributed by atoms with E-state index in [0.717, 1.165) is 21.5 Å². The van der Waals surface area contributed by atoms with E-state index in [0.29, 0.717) is 17.5 Å². The summed E-state index contributed by atoms with van der Waals surface area (Å²) in [5.41, 5.74) is 5.60. The topological polar surface area (TPSA) is 81.8 Å². The third kappa shape index (κ3) is 3.54. The maximum Gasteiger partial charge on any atom is 0.283 e. The molecule has 0 saturated carbocycles. The minimum absolute atomic E-state index is 0.257. The van der Waals surface area contributed by atoms with Crippen molar-refractivity contribution < 1.29 is 4.79 Å². The number of carbonyl (C=O) groups is 1. The molecule has 2 heterocycles. The Morgan fingerprint density at radius 3 is 2.52 bits per heavy atom. The lowest BCUT2D eigenvalue weighted by atomic mass is 9.96. The molecule has 1 N–H and O–H groups in total. The van der Waals surface area contributed by atoms with Gasteiger partial charge in [0, 0.05) is 0 Å². The van der Waals surface area contributed by atoms with Gasteiger partial charge in [0.05, 0.1) is 17.8 Å². The maximum atomic E-state index is 12.9. The molecule has 2 aromatic carbocycles. The molecule has 0 bridgehead atoms. The van der Waals surface area contributed by atoms with Crippen molar-refractivity contribution in [1.29, 1.82) is 0 Å². The SMILES string of the molecule is CC[C@@H](C(=O)Nn1cnc2c(cnn2-c2ccc(C)cc2)c1=O)c1ccccc1. The van der Waals surface area contributed by atoms with E-state index in [9.17, 15) is 9.59 Å². The second-order valence-electron chi connectivity index (χ2n) is 6.90. The Bertz CT molecular complexity index is 1210. The Balaban J connectivity index is 1.65. The summed E-state index contributed by atoms with van der Waals surface area (Å²) in [7, 11) is 0. The highest BCUT2D eigenvalue weighted by Crippen LogP contribution is 2.19. The number of carbonyl (C=O) groups excluding carboxylic acids is 1. The van der Waals surface area contributed by atoms with Gasteiger partial charge in [0.25, 0.3) is 5.56 Å². The number of rotatable bonds is 5. The summed E-state index contributed by atoms with van der Waals surface area (Å²) in [6.07, 6.45) is 3.42. The van der Waals surface area contributed by atoms with Gasteiger partial charge in [-0.2, -0.15) is 5.10 Å². The van der Waals surface area contributed by atoms with Crippen LogP contribution in [0.3, 0.4) is 0 Å². The van der Waals surface area contributed by atoms with Crippen molar-refractivity contribution in [3.8, 4) is 5.69 Å². The summed E-state index contributed by atoms with van der Waals surface area (Å²) in [6.45, 7) is 3.94. The Kier molecular flexibility index (Phi) is 4.95. The molecule has 4 rings (SSSR count). The van der Waals surface area contributed by atoms with E-state index in [1.165, 1.54) is 12.5 Å². The van der Waals surface area contributed by atoms with Gasteiger partial charge in [-0.05, 0) is 31.0 Å². The highest BCUT2D eigenvalue weighted by molar-refractivity contribution is 5.90. The number of hydrogen-bond acceptors (Lipinski definition) is 4. The fourth-order valence-corrected chi connectivity index (χ4v) is 3.32. The van der Waals surface area contributed by atoms with Crippen LogP contribution in [0.2, 0.25) is 0 Å². The molecule has 2 aromatic heterocycles. The van der Waals surface area contributed by atoms with Crippen LogP contribution in [-0.4, -0.2) is 25.3 Å². The van der Waals surface area contributed by atoms with E-state index >= 15 is 0 Å². The van der Waals surface area contributed by atoms with E-state index < -0.39 is 0 Å². The molecule has 1 amide bonds. The molecule has 0 fully saturated rings. The third-order valence-corrected chi connectivity index (χ3v) is 4.92. The number of nitrogens with one attached hydrogen (secondary N) is 1. The van der Waals surface area contributed by atoms with Crippen LogP contribution >= 0.6 is 0 Å². The molecule has 1 atom stereocenters. The molecule has 146 valence electrons. The first-order chi connectivity index (χ1) is 14.1. The molecular formula is C22H21N5O2. The van der Waals surface area contributed by atoms with Gasteiger partial charge in [0.15, 0.2) is 5.65 Å². The van der Waals surface area contributed by atoms with Crippen LogP contribution in [0, 0.1) is 6.92 Å². The first-order valence-corrected chi connectivity index (χ1v) is 9.46. The standard InChI is InChI=1S/C22H21N5O2/c1-3-18(16-7-5-4-6-8-16)21(28)25-26-14-23-20-19(22(26)29)13-24-27(20)17-11-9-15(2)10-12-17/h4-14,18H,3H2,1-2H3,(H,25,28)/t18-/m1/s1. The molecule has 0 radical (unpaired) electrons. The number of aromatic nitrogens is 4. The Morgan fingerprint density at radius 2 is 1.83 bits per heavy atom. The predicted octanol–water partition coefficient (Wildman–Crippen LogP) is 3.15. The summed E-state index contributed by atoms with van der Waals surface area (Å²) >= 11 is 0. The first kappa shape index (κ1) is 18.6. The van der Waals surface area contributed by atoms with Gasteiger partial charge in [0.2, 0.25) is 5.91 Å². The average molecular weight is 387 g/mol. The Morgan fingerprint density at radius 1 is 1.10 bits per heavy atom.